The second kappa shape index (κ2) is 9.63. The molecule has 3 aromatic heterocycles. The fourth-order valence-corrected chi connectivity index (χ4v) is 3.27. The van der Waals surface area contributed by atoms with Crippen LogP contribution in [0.25, 0.3) is 17.3 Å². The van der Waals surface area contributed by atoms with E-state index in [1.165, 1.54) is 0 Å². The summed E-state index contributed by atoms with van der Waals surface area (Å²) in [6, 6.07) is 17.8. The number of carbonyl (C=O) groups is 1. The lowest BCUT2D eigenvalue weighted by molar-refractivity contribution is -0.125. The molecule has 1 aromatic carbocycles. The molecule has 0 unspecified atom stereocenters. The molecule has 1 amide bonds. The summed E-state index contributed by atoms with van der Waals surface area (Å²) in [6.07, 6.45) is 12.4. The molecule has 31 heavy (non-hydrogen) atoms. The van der Waals surface area contributed by atoms with Crippen molar-refractivity contribution in [3.63, 3.8) is 0 Å². The molecule has 0 fully saturated rings. The van der Waals surface area contributed by atoms with Crippen molar-refractivity contribution >= 4 is 12.0 Å². The van der Waals surface area contributed by atoms with Gasteiger partial charge in [0.15, 0.2) is 0 Å². The molecule has 4 rings (SSSR count). The maximum Gasteiger partial charge on any atom is 0.246 e. The van der Waals surface area contributed by atoms with Crippen LogP contribution in [0.5, 0.6) is 0 Å². The van der Waals surface area contributed by atoms with E-state index >= 15 is 0 Å². The molecule has 0 spiro atoms. The summed E-state index contributed by atoms with van der Waals surface area (Å²) in [5.74, 6) is -0.0863. The van der Waals surface area contributed by atoms with Crippen LogP contribution in [0.15, 0.2) is 91.7 Å². The van der Waals surface area contributed by atoms with Crippen LogP contribution in [0.4, 0.5) is 0 Å². The Morgan fingerprint density at radius 2 is 1.71 bits per heavy atom. The van der Waals surface area contributed by atoms with E-state index in [1.54, 1.807) is 42.8 Å². The van der Waals surface area contributed by atoms with E-state index in [9.17, 15) is 4.79 Å². The van der Waals surface area contributed by atoms with Gasteiger partial charge >= 0.3 is 0 Å². The number of aromatic nitrogens is 4. The molecule has 0 N–H and O–H groups in total. The Kier molecular flexibility index (Phi) is 6.28. The number of pyridine rings is 2. The topological polar surface area (TPSA) is 63.9 Å². The van der Waals surface area contributed by atoms with Crippen LogP contribution in [-0.2, 0) is 17.9 Å². The highest BCUT2D eigenvalue weighted by Crippen LogP contribution is 2.23. The Morgan fingerprint density at radius 3 is 2.42 bits per heavy atom. The molecule has 0 aliphatic carbocycles. The van der Waals surface area contributed by atoms with Crippen LogP contribution in [0, 0.1) is 0 Å². The average molecular weight is 409 g/mol. The molecule has 0 atom stereocenters. The number of benzene rings is 1. The summed E-state index contributed by atoms with van der Waals surface area (Å²) < 4.78 is 1.89. The van der Waals surface area contributed by atoms with Crippen molar-refractivity contribution in [3.05, 3.63) is 108 Å². The van der Waals surface area contributed by atoms with E-state index in [4.69, 9.17) is 5.10 Å². The molecule has 0 saturated heterocycles. The first-order chi connectivity index (χ1) is 15.2. The molecule has 0 aliphatic rings. The molecule has 0 radical (unpaired) electrons. The van der Waals surface area contributed by atoms with Crippen molar-refractivity contribution in [2.24, 2.45) is 0 Å². The van der Waals surface area contributed by atoms with E-state index < -0.39 is 0 Å². The molecular formula is C25H23N5O. The summed E-state index contributed by atoms with van der Waals surface area (Å²) in [6.45, 7) is 1.15. The number of hydrogen-bond donors (Lipinski definition) is 0. The molecule has 6 nitrogen and oxygen atoms in total. The Hall–Kier alpha value is -4.06. The number of carbonyl (C=O) groups excluding carboxylic acids is 1. The molecule has 0 aliphatic heterocycles. The predicted molar refractivity (Wildman–Crippen MR) is 121 cm³/mol. The van der Waals surface area contributed by atoms with Crippen molar-refractivity contribution in [2.45, 2.75) is 13.1 Å². The van der Waals surface area contributed by atoms with Crippen LogP contribution >= 0.6 is 0 Å². The van der Waals surface area contributed by atoms with E-state index in [2.05, 4.69) is 22.1 Å². The van der Waals surface area contributed by atoms with E-state index in [0.29, 0.717) is 13.1 Å². The van der Waals surface area contributed by atoms with Gasteiger partial charge in [-0.25, -0.2) is 0 Å². The minimum atomic E-state index is -0.0863. The normalized spacial score (nSPS) is 11.0. The minimum absolute atomic E-state index is 0.0863. The van der Waals surface area contributed by atoms with Crippen molar-refractivity contribution in [1.82, 2.24) is 24.6 Å². The van der Waals surface area contributed by atoms with Gasteiger partial charge in [0.05, 0.1) is 6.54 Å². The molecule has 3 heterocycles. The lowest BCUT2D eigenvalue weighted by Gasteiger charge is -2.14. The monoisotopic (exact) mass is 409 g/mol. The Bertz CT molecular complexity index is 1150. The zero-order valence-electron chi connectivity index (χ0n) is 17.3. The van der Waals surface area contributed by atoms with E-state index in [-0.39, 0.29) is 5.91 Å². The predicted octanol–water partition coefficient (Wildman–Crippen LogP) is 4.06. The van der Waals surface area contributed by atoms with Gasteiger partial charge in [-0.05, 0) is 35.4 Å². The zero-order valence-corrected chi connectivity index (χ0v) is 17.3. The second-order valence-electron chi connectivity index (χ2n) is 7.25. The van der Waals surface area contributed by atoms with Crippen LogP contribution in [-0.4, -0.2) is 37.6 Å². The standard InChI is InChI=1S/C25H23N5O/c1-29(17-21-9-5-13-26-15-21)24(31)12-11-23-19-30(18-20-7-3-2-4-8-20)28-25(23)22-10-6-14-27-16-22/h2-16,19H,17-18H2,1H3. The summed E-state index contributed by atoms with van der Waals surface area (Å²) in [7, 11) is 1.78. The van der Waals surface area contributed by atoms with E-state index in [1.807, 2.05) is 59.4 Å². The zero-order chi connectivity index (χ0) is 21.5. The summed E-state index contributed by atoms with van der Waals surface area (Å²) in [4.78, 5) is 22.6. The van der Waals surface area contributed by atoms with Crippen LogP contribution in [0.1, 0.15) is 16.7 Å². The van der Waals surface area contributed by atoms with Crippen LogP contribution < -0.4 is 0 Å². The highest BCUT2D eigenvalue weighted by molar-refractivity contribution is 5.92. The Morgan fingerprint density at radius 1 is 0.968 bits per heavy atom. The van der Waals surface area contributed by atoms with Gasteiger partial charge < -0.3 is 4.90 Å². The Balaban J connectivity index is 1.56. The molecular weight excluding hydrogens is 386 g/mol. The van der Waals surface area contributed by atoms with Crippen molar-refractivity contribution in [1.29, 1.82) is 0 Å². The van der Waals surface area contributed by atoms with Crippen LogP contribution in [0.2, 0.25) is 0 Å². The molecule has 154 valence electrons. The molecule has 6 heteroatoms. The van der Waals surface area contributed by atoms with Gasteiger partial charge in [0.2, 0.25) is 5.91 Å². The number of hydrogen-bond acceptors (Lipinski definition) is 4. The van der Waals surface area contributed by atoms with Gasteiger partial charge in [-0.15, -0.1) is 0 Å². The van der Waals surface area contributed by atoms with Gasteiger partial charge in [-0.2, -0.15) is 5.10 Å². The van der Waals surface area contributed by atoms with Gasteiger partial charge in [0.25, 0.3) is 0 Å². The second-order valence-corrected chi connectivity index (χ2v) is 7.25. The maximum atomic E-state index is 12.6. The molecule has 0 bridgehead atoms. The van der Waals surface area contributed by atoms with Crippen molar-refractivity contribution in [3.8, 4) is 11.3 Å². The van der Waals surface area contributed by atoms with Crippen LogP contribution in [0.3, 0.4) is 0 Å². The first-order valence-electron chi connectivity index (χ1n) is 10.0. The number of rotatable bonds is 7. The van der Waals surface area contributed by atoms with Gasteiger partial charge in [-0.3, -0.25) is 19.4 Å². The lowest BCUT2D eigenvalue weighted by Crippen LogP contribution is -2.24. The first kappa shape index (κ1) is 20.2. The van der Waals surface area contributed by atoms with E-state index in [0.717, 1.165) is 27.9 Å². The largest absolute Gasteiger partial charge is 0.338 e. The van der Waals surface area contributed by atoms with Crippen molar-refractivity contribution < 1.29 is 4.79 Å². The number of nitrogens with zero attached hydrogens (tertiary/aromatic N) is 5. The summed E-state index contributed by atoms with van der Waals surface area (Å²) in [5.41, 5.74) is 4.71. The third kappa shape index (κ3) is 5.30. The smallest absolute Gasteiger partial charge is 0.246 e. The first-order valence-corrected chi connectivity index (χ1v) is 10.0. The quantitative estimate of drug-likeness (QED) is 0.432. The highest BCUT2D eigenvalue weighted by Gasteiger charge is 2.12. The Labute approximate surface area is 181 Å². The van der Waals surface area contributed by atoms with Gasteiger partial charge in [0, 0.05) is 61.8 Å². The van der Waals surface area contributed by atoms with Crippen molar-refractivity contribution in [2.75, 3.05) is 7.05 Å². The number of likely N-dealkylation sites (N-methyl/N-ethyl adjacent to an activating group) is 1. The number of amides is 1. The third-order valence-corrected chi connectivity index (χ3v) is 4.84. The SMILES string of the molecule is CN(Cc1cccnc1)C(=O)C=Cc1cn(Cc2ccccc2)nc1-c1cccnc1. The fraction of sp³-hybridized carbons (Fsp3) is 0.120. The average Bonchev–Trinajstić information content (AvgIpc) is 3.22. The lowest BCUT2D eigenvalue weighted by atomic mass is 10.1. The fourth-order valence-electron chi connectivity index (χ4n) is 3.27. The molecule has 0 saturated carbocycles. The minimum Gasteiger partial charge on any atom is -0.338 e. The summed E-state index contributed by atoms with van der Waals surface area (Å²) >= 11 is 0. The highest BCUT2D eigenvalue weighted by atomic mass is 16.2. The summed E-state index contributed by atoms with van der Waals surface area (Å²) in [5, 5.41) is 4.76. The van der Waals surface area contributed by atoms with Gasteiger partial charge in [-0.1, -0.05) is 36.4 Å². The molecule has 4 aromatic rings. The maximum absolute atomic E-state index is 12.6. The third-order valence-electron chi connectivity index (χ3n) is 4.84. The van der Waals surface area contributed by atoms with Gasteiger partial charge in [0.1, 0.15) is 5.69 Å².